The molecule has 88 valence electrons. The van der Waals surface area contributed by atoms with E-state index in [2.05, 4.69) is 12.2 Å². The van der Waals surface area contributed by atoms with Gasteiger partial charge >= 0.3 is 6.16 Å². The van der Waals surface area contributed by atoms with E-state index in [0.717, 1.165) is 19.5 Å². The first-order chi connectivity index (χ1) is 7.09. The Balaban J connectivity index is 2.24. The highest BCUT2D eigenvalue weighted by molar-refractivity contribution is 5.60. The van der Waals surface area contributed by atoms with Crippen molar-refractivity contribution in [3.63, 3.8) is 0 Å². The maximum Gasteiger partial charge on any atom is 0.508 e. The lowest BCUT2D eigenvalue weighted by atomic mass is 9.97. The van der Waals surface area contributed by atoms with Gasteiger partial charge in [-0.1, -0.05) is 20.8 Å². The summed E-state index contributed by atoms with van der Waals surface area (Å²) in [7, 11) is 0. The average molecular weight is 215 g/mol. The van der Waals surface area contributed by atoms with E-state index >= 15 is 0 Å². The summed E-state index contributed by atoms with van der Waals surface area (Å²) in [4.78, 5) is 11.3. The van der Waals surface area contributed by atoms with Crippen molar-refractivity contribution in [3.05, 3.63) is 0 Å². The fourth-order valence-electron chi connectivity index (χ4n) is 1.51. The summed E-state index contributed by atoms with van der Waals surface area (Å²) in [6.45, 7) is 8.25. The van der Waals surface area contributed by atoms with Crippen molar-refractivity contribution in [2.45, 2.75) is 33.3 Å². The van der Waals surface area contributed by atoms with Gasteiger partial charge in [0.25, 0.3) is 0 Å². The molecule has 1 N–H and O–H groups in total. The first-order valence-corrected chi connectivity index (χ1v) is 5.63. The van der Waals surface area contributed by atoms with Crippen LogP contribution in [-0.2, 0) is 9.47 Å². The van der Waals surface area contributed by atoms with Gasteiger partial charge in [-0.15, -0.1) is 0 Å². The zero-order valence-electron chi connectivity index (χ0n) is 9.79. The summed E-state index contributed by atoms with van der Waals surface area (Å²) in [5.74, 6) is 0.761. The van der Waals surface area contributed by atoms with Crippen molar-refractivity contribution in [3.8, 4) is 0 Å². The third kappa shape index (κ3) is 4.51. The van der Waals surface area contributed by atoms with Crippen LogP contribution in [0.25, 0.3) is 0 Å². The normalized spacial score (nSPS) is 26.4. The van der Waals surface area contributed by atoms with Crippen LogP contribution in [0.15, 0.2) is 0 Å². The molecule has 0 radical (unpaired) electrons. The minimum absolute atomic E-state index is 0.0431. The molecule has 0 aliphatic carbocycles. The van der Waals surface area contributed by atoms with Crippen LogP contribution >= 0.6 is 0 Å². The molecule has 0 spiro atoms. The van der Waals surface area contributed by atoms with Gasteiger partial charge in [0.2, 0.25) is 0 Å². The highest BCUT2D eigenvalue weighted by atomic mass is 16.7. The van der Waals surface area contributed by atoms with Crippen molar-refractivity contribution >= 4 is 6.16 Å². The molecule has 15 heavy (non-hydrogen) atoms. The predicted octanol–water partition coefficient (Wildman–Crippen LogP) is 1.79. The van der Waals surface area contributed by atoms with E-state index < -0.39 is 6.16 Å². The lowest BCUT2D eigenvalue weighted by Gasteiger charge is -2.28. The number of carbonyl (C=O) groups is 1. The van der Waals surface area contributed by atoms with Crippen molar-refractivity contribution < 1.29 is 14.3 Å². The van der Waals surface area contributed by atoms with E-state index in [0.29, 0.717) is 18.4 Å². The molecular weight excluding hydrogens is 194 g/mol. The van der Waals surface area contributed by atoms with Crippen LogP contribution in [-0.4, -0.2) is 32.0 Å². The van der Waals surface area contributed by atoms with Crippen LogP contribution in [0.5, 0.6) is 0 Å². The van der Waals surface area contributed by atoms with Gasteiger partial charge < -0.3 is 14.8 Å². The second kappa shape index (κ2) is 5.95. The molecule has 0 aromatic heterocycles. The standard InChI is InChI=1S/C11H21NO3/c1-8(2)7-14-11(13)15-10-6-12-5-4-9(10)3/h8-10,12H,4-7H2,1-3H3. The number of carbonyl (C=O) groups excluding carboxylic acids is 1. The molecule has 2 unspecified atom stereocenters. The Bertz CT molecular complexity index is 206. The summed E-state index contributed by atoms with van der Waals surface area (Å²) in [6, 6.07) is 0. The summed E-state index contributed by atoms with van der Waals surface area (Å²) in [5, 5.41) is 3.20. The summed E-state index contributed by atoms with van der Waals surface area (Å²) in [5.41, 5.74) is 0. The van der Waals surface area contributed by atoms with E-state index in [1.807, 2.05) is 13.8 Å². The molecule has 0 saturated carbocycles. The molecule has 1 heterocycles. The highest BCUT2D eigenvalue weighted by Gasteiger charge is 2.25. The minimum atomic E-state index is -0.538. The van der Waals surface area contributed by atoms with Crippen molar-refractivity contribution in [1.29, 1.82) is 0 Å². The number of nitrogens with one attached hydrogen (secondary N) is 1. The monoisotopic (exact) mass is 215 g/mol. The van der Waals surface area contributed by atoms with Crippen LogP contribution < -0.4 is 5.32 Å². The molecule has 1 rings (SSSR count). The maximum atomic E-state index is 11.3. The average Bonchev–Trinajstić information content (AvgIpc) is 2.18. The molecule has 2 atom stereocenters. The molecule has 0 aromatic carbocycles. The fourth-order valence-corrected chi connectivity index (χ4v) is 1.51. The number of hydrogen-bond acceptors (Lipinski definition) is 4. The summed E-state index contributed by atoms with van der Waals surface area (Å²) >= 11 is 0. The van der Waals surface area contributed by atoms with E-state index in [9.17, 15) is 4.79 Å². The molecule has 0 aromatic rings. The fraction of sp³-hybridized carbons (Fsp3) is 0.909. The van der Waals surface area contributed by atoms with Gasteiger partial charge in [-0.3, -0.25) is 0 Å². The van der Waals surface area contributed by atoms with Crippen LogP contribution in [0.1, 0.15) is 27.2 Å². The first kappa shape index (κ1) is 12.3. The van der Waals surface area contributed by atoms with Gasteiger partial charge in [0, 0.05) is 6.54 Å². The predicted molar refractivity (Wildman–Crippen MR) is 57.7 cm³/mol. The summed E-state index contributed by atoms with van der Waals surface area (Å²) < 4.78 is 10.2. The van der Waals surface area contributed by atoms with Gasteiger partial charge in [0.15, 0.2) is 0 Å². The molecule has 1 aliphatic rings. The third-order valence-corrected chi connectivity index (χ3v) is 2.54. The topological polar surface area (TPSA) is 47.6 Å². The van der Waals surface area contributed by atoms with Crippen LogP contribution in [0.2, 0.25) is 0 Å². The first-order valence-electron chi connectivity index (χ1n) is 5.63. The van der Waals surface area contributed by atoms with Crippen LogP contribution in [0.4, 0.5) is 4.79 Å². The highest BCUT2D eigenvalue weighted by Crippen LogP contribution is 2.15. The second-order valence-corrected chi connectivity index (χ2v) is 4.58. The Morgan fingerprint density at radius 1 is 1.53 bits per heavy atom. The Hall–Kier alpha value is -0.770. The van der Waals surface area contributed by atoms with E-state index in [1.165, 1.54) is 0 Å². The van der Waals surface area contributed by atoms with Gasteiger partial charge in [0.1, 0.15) is 6.10 Å². The molecule has 1 aliphatic heterocycles. The largest absolute Gasteiger partial charge is 0.508 e. The van der Waals surface area contributed by atoms with Crippen molar-refractivity contribution in [2.24, 2.45) is 11.8 Å². The Labute approximate surface area is 91.3 Å². The Morgan fingerprint density at radius 3 is 2.87 bits per heavy atom. The molecule has 1 fully saturated rings. The SMILES string of the molecule is CC(C)COC(=O)OC1CNCCC1C. The molecule has 4 nitrogen and oxygen atoms in total. The van der Waals surface area contributed by atoms with Crippen molar-refractivity contribution in [2.75, 3.05) is 19.7 Å². The van der Waals surface area contributed by atoms with Gasteiger partial charge in [0.05, 0.1) is 6.61 Å². The molecule has 4 heteroatoms. The van der Waals surface area contributed by atoms with Gasteiger partial charge in [-0.05, 0) is 24.8 Å². The van der Waals surface area contributed by atoms with Gasteiger partial charge in [-0.2, -0.15) is 0 Å². The van der Waals surface area contributed by atoms with E-state index in [1.54, 1.807) is 0 Å². The third-order valence-electron chi connectivity index (χ3n) is 2.54. The molecular formula is C11H21NO3. The van der Waals surface area contributed by atoms with Crippen LogP contribution in [0.3, 0.4) is 0 Å². The van der Waals surface area contributed by atoms with Gasteiger partial charge in [-0.25, -0.2) is 4.79 Å². The zero-order valence-corrected chi connectivity index (χ0v) is 9.79. The summed E-state index contributed by atoms with van der Waals surface area (Å²) in [6.07, 6.45) is 0.463. The smallest absolute Gasteiger partial charge is 0.434 e. The minimum Gasteiger partial charge on any atom is -0.434 e. The molecule has 0 amide bonds. The quantitative estimate of drug-likeness (QED) is 0.729. The lowest BCUT2D eigenvalue weighted by Crippen LogP contribution is -2.42. The lowest BCUT2D eigenvalue weighted by molar-refractivity contribution is -0.00687. The number of piperidine rings is 1. The Morgan fingerprint density at radius 2 is 2.27 bits per heavy atom. The van der Waals surface area contributed by atoms with E-state index in [-0.39, 0.29) is 6.10 Å². The number of hydrogen-bond donors (Lipinski definition) is 1. The van der Waals surface area contributed by atoms with E-state index in [4.69, 9.17) is 9.47 Å². The van der Waals surface area contributed by atoms with Crippen molar-refractivity contribution in [1.82, 2.24) is 5.32 Å². The maximum absolute atomic E-state index is 11.3. The number of ether oxygens (including phenoxy) is 2. The zero-order chi connectivity index (χ0) is 11.3. The molecule has 0 bridgehead atoms. The number of rotatable bonds is 3. The second-order valence-electron chi connectivity index (χ2n) is 4.58. The Kier molecular flexibility index (Phi) is 4.88. The van der Waals surface area contributed by atoms with Crippen LogP contribution in [0, 0.1) is 11.8 Å². The molecule has 1 saturated heterocycles.